The quantitative estimate of drug-likeness (QED) is 0.115. The predicted molar refractivity (Wildman–Crippen MR) is 139 cm³/mol. The van der Waals surface area contributed by atoms with Crippen molar-refractivity contribution in [1.82, 2.24) is 26.6 Å². The Morgan fingerprint density at radius 2 is 1.26 bits per heavy atom. The van der Waals surface area contributed by atoms with Crippen molar-refractivity contribution in [3.8, 4) is 0 Å². The van der Waals surface area contributed by atoms with Gasteiger partial charge in [-0.05, 0) is 53.4 Å². The van der Waals surface area contributed by atoms with Gasteiger partial charge in [-0.3, -0.25) is 0 Å². The summed E-state index contributed by atoms with van der Waals surface area (Å²) < 4.78 is 0. The average Bonchev–Trinajstić information content (AvgIpc) is 2.74. The number of hydrogen-bond donors (Lipinski definition) is 6. The summed E-state index contributed by atoms with van der Waals surface area (Å²) >= 11 is 0. The number of allylic oxidation sites excluding steroid dienone is 5. The first-order chi connectivity index (χ1) is 15.1. The number of hydrogen-bond acceptors (Lipinski definition) is 6. The topological polar surface area (TPSA) is 86.2 Å². The summed E-state index contributed by atoms with van der Waals surface area (Å²) in [5.41, 5.74) is 8.41. The molecule has 0 rings (SSSR count). The van der Waals surface area contributed by atoms with Gasteiger partial charge in [-0.15, -0.1) is 0 Å². The second-order valence-corrected chi connectivity index (χ2v) is 8.24. The zero-order valence-electron chi connectivity index (χ0n) is 20.9. The lowest BCUT2D eigenvalue weighted by Crippen LogP contribution is -2.37. The maximum Gasteiger partial charge on any atom is 0.0224 e. The molecule has 0 amide bonds. The third-order valence-electron chi connectivity index (χ3n) is 5.03. The molecule has 0 radical (unpaired) electrons. The summed E-state index contributed by atoms with van der Waals surface area (Å²) in [7, 11) is 0. The van der Waals surface area contributed by atoms with E-state index in [1.165, 1.54) is 17.6 Å². The molecule has 1 atom stereocenters. The molecule has 0 fully saturated rings. The maximum absolute atomic E-state index is 5.43. The zero-order chi connectivity index (χ0) is 23.0. The summed E-state index contributed by atoms with van der Waals surface area (Å²) in [5.74, 6) is 0. The fraction of sp³-hybridized carbons (Fsp3) is 0.760. The van der Waals surface area contributed by atoms with Gasteiger partial charge in [0.25, 0.3) is 0 Å². The van der Waals surface area contributed by atoms with Gasteiger partial charge in [0.05, 0.1) is 0 Å². The molecule has 7 N–H and O–H groups in total. The van der Waals surface area contributed by atoms with Gasteiger partial charge < -0.3 is 32.3 Å². The Bertz CT molecular complexity index is 473. The lowest BCUT2D eigenvalue weighted by atomic mass is 10.1. The second kappa shape index (κ2) is 23.6. The largest absolute Gasteiger partial charge is 0.329 e. The van der Waals surface area contributed by atoms with Crippen LogP contribution in [0.25, 0.3) is 0 Å². The Morgan fingerprint density at radius 1 is 0.742 bits per heavy atom. The van der Waals surface area contributed by atoms with Crippen LogP contribution in [0, 0.1) is 0 Å². The van der Waals surface area contributed by atoms with E-state index in [1.54, 1.807) is 0 Å². The molecular weight excluding hydrogens is 384 g/mol. The Balaban J connectivity index is 3.53. The smallest absolute Gasteiger partial charge is 0.0224 e. The highest BCUT2D eigenvalue weighted by Gasteiger charge is 1.98. The van der Waals surface area contributed by atoms with Crippen LogP contribution in [-0.4, -0.2) is 71.5 Å². The molecule has 31 heavy (non-hydrogen) atoms. The van der Waals surface area contributed by atoms with Gasteiger partial charge in [-0.2, -0.15) is 0 Å². The van der Waals surface area contributed by atoms with Crippen molar-refractivity contribution < 1.29 is 0 Å². The molecule has 0 aliphatic carbocycles. The van der Waals surface area contributed by atoms with Crippen LogP contribution in [0.2, 0.25) is 0 Å². The van der Waals surface area contributed by atoms with E-state index in [0.717, 1.165) is 78.2 Å². The van der Waals surface area contributed by atoms with Crippen molar-refractivity contribution >= 4 is 0 Å². The lowest BCUT2D eigenvalue weighted by molar-refractivity contribution is 0.549. The van der Waals surface area contributed by atoms with Crippen LogP contribution in [0.1, 0.15) is 53.4 Å². The van der Waals surface area contributed by atoms with E-state index in [1.807, 2.05) is 0 Å². The van der Waals surface area contributed by atoms with Crippen molar-refractivity contribution in [1.29, 1.82) is 0 Å². The van der Waals surface area contributed by atoms with Gasteiger partial charge in [-0.25, -0.2) is 0 Å². The molecule has 182 valence electrons. The van der Waals surface area contributed by atoms with Crippen molar-refractivity contribution in [3.63, 3.8) is 0 Å². The van der Waals surface area contributed by atoms with Gasteiger partial charge in [0.15, 0.2) is 0 Å². The Labute approximate surface area is 193 Å². The molecular formula is C25H52N6. The van der Waals surface area contributed by atoms with Crippen LogP contribution < -0.4 is 32.3 Å². The van der Waals surface area contributed by atoms with E-state index < -0.39 is 0 Å². The van der Waals surface area contributed by atoms with Crippen molar-refractivity contribution in [2.24, 2.45) is 5.73 Å². The summed E-state index contributed by atoms with van der Waals surface area (Å²) in [5, 5.41) is 17.2. The zero-order valence-corrected chi connectivity index (χ0v) is 20.9. The Hall–Kier alpha value is -1.02. The molecule has 0 aromatic rings. The van der Waals surface area contributed by atoms with E-state index in [0.29, 0.717) is 12.6 Å². The van der Waals surface area contributed by atoms with Gasteiger partial charge in [0.2, 0.25) is 0 Å². The molecule has 0 saturated heterocycles. The Morgan fingerprint density at radius 3 is 1.81 bits per heavy atom. The molecule has 6 nitrogen and oxygen atoms in total. The lowest BCUT2D eigenvalue weighted by Gasteiger charge is -2.12. The fourth-order valence-electron chi connectivity index (χ4n) is 3.22. The molecule has 0 bridgehead atoms. The third-order valence-corrected chi connectivity index (χ3v) is 5.03. The fourth-order valence-corrected chi connectivity index (χ4v) is 3.22. The van der Waals surface area contributed by atoms with Crippen LogP contribution in [0.5, 0.6) is 0 Å². The molecule has 0 aromatic carbocycles. The first kappa shape index (κ1) is 30.0. The van der Waals surface area contributed by atoms with E-state index in [4.69, 9.17) is 5.73 Å². The van der Waals surface area contributed by atoms with Gasteiger partial charge in [0.1, 0.15) is 0 Å². The van der Waals surface area contributed by atoms with Crippen LogP contribution in [0.3, 0.4) is 0 Å². The number of rotatable bonds is 22. The highest BCUT2D eigenvalue weighted by Crippen LogP contribution is 2.11. The minimum Gasteiger partial charge on any atom is -0.329 e. The van der Waals surface area contributed by atoms with E-state index >= 15 is 0 Å². The first-order valence-electron chi connectivity index (χ1n) is 12.3. The van der Waals surface area contributed by atoms with E-state index in [9.17, 15) is 0 Å². The summed E-state index contributed by atoms with van der Waals surface area (Å²) in [4.78, 5) is 0. The van der Waals surface area contributed by atoms with E-state index in [-0.39, 0.29) is 0 Å². The first-order valence-corrected chi connectivity index (χ1v) is 12.3. The highest BCUT2D eigenvalue weighted by molar-refractivity contribution is 5.06. The maximum atomic E-state index is 5.43. The monoisotopic (exact) mass is 436 g/mol. The van der Waals surface area contributed by atoms with Gasteiger partial charge in [0, 0.05) is 71.5 Å². The highest BCUT2D eigenvalue weighted by atomic mass is 15.0. The predicted octanol–water partition coefficient (Wildman–Crippen LogP) is 2.31. The van der Waals surface area contributed by atoms with Gasteiger partial charge in [-0.1, -0.05) is 35.5 Å². The number of nitrogens with two attached hydrogens (primary N) is 1. The van der Waals surface area contributed by atoms with Crippen LogP contribution in [-0.2, 0) is 0 Å². The van der Waals surface area contributed by atoms with Crippen molar-refractivity contribution in [3.05, 3.63) is 35.5 Å². The van der Waals surface area contributed by atoms with Gasteiger partial charge >= 0.3 is 0 Å². The van der Waals surface area contributed by atoms with Crippen LogP contribution >= 0.6 is 0 Å². The van der Waals surface area contributed by atoms with Crippen molar-refractivity contribution in [2.45, 2.75) is 59.4 Å². The minimum absolute atomic E-state index is 0.421. The molecule has 0 heterocycles. The minimum atomic E-state index is 0.421. The third kappa shape index (κ3) is 23.5. The molecule has 0 aliphatic heterocycles. The van der Waals surface area contributed by atoms with Crippen LogP contribution in [0.4, 0.5) is 0 Å². The standard InChI is InChI=1S/C25H52N6/c1-5-6-7-9-23(2)10-8-11-24(3)22-25(4)31-21-20-30-19-18-29-17-16-28-15-14-27-13-12-26/h5-6,10,22,25,27-31H,7-9,11-21,26H2,1-4H3. The molecule has 0 aromatic heterocycles. The van der Waals surface area contributed by atoms with Crippen LogP contribution in [0.15, 0.2) is 35.5 Å². The average molecular weight is 437 g/mol. The summed E-state index contributed by atoms with van der Waals surface area (Å²) in [6, 6.07) is 0.421. The second-order valence-electron chi connectivity index (χ2n) is 8.24. The van der Waals surface area contributed by atoms with E-state index in [2.05, 4.69) is 78.6 Å². The SMILES string of the molecule is CC=CCCC(C)=CCCC(C)=CC(C)NCCNCCNCCNCCNCCN. The summed E-state index contributed by atoms with van der Waals surface area (Å²) in [6.45, 7) is 18.4. The molecule has 6 heteroatoms. The molecule has 1 unspecified atom stereocenters. The molecule has 0 spiro atoms. The normalized spacial score (nSPS) is 14.0. The number of nitrogens with one attached hydrogen (secondary N) is 5. The Kier molecular flexibility index (Phi) is 22.9. The van der Waals surface area contributed by atoms with Crippen molar-refractivity contribution in [2.75, 3.05) is 65.4 Å². The molecule has 0 saturated carbocycles. The molecule has 0 aliphatic rings. The summed E-state index contributed by atoms with van der Waals surface area (Å²) in [6.07, 6.45) is 13.8.